The summed E-state index contributed by atoms with van der Waals surface area (Å²) in [6.45, 7) is 3.86. The molecule has 2 atom stereocenters. The van der Waals surface area contributed by atoms with Crippen LogP contribution in [0.1, 0.15) is 40.9 Å². The molecule has 0 spiro atoms. The van der Waals surface area contributed by atoms with Crippen molar-refractivity contribution in [3.05, 3.63) is 59.2 Å². The Morgan fingerprint density at radius 3 is 2.88 bits per heavy atom. The SMILES string of the molecule is Cc1ccc2c(c1)[C@H]1C[C@@](C)(O2)N(c2cccc(C(=O)O)c2)C(=O)N1. The number of carbonyl (C=O) groups excluding carboxylic acids is 1. The Kier molecular flexibility index (Phi) is 3.25. The van der Waals surface area contributed by atoms with E-state index in [1.54, 1.807) is 12.1 Å². The summed E-state index contributed by atoms with van der Waals surface area (Å²) >= 11 is 0. The van der Waals surface area contributed by atoms with E-state index in [0.29, 0.717) is 12.1 Å². The van der Waals surface area contributed by atoms with Crippen LogP contribution < -0.4 is 15.0 Å². The summed E-state index contributed by atoms with van der Waals surface area (Å²) in [6.07, 6.45) is 0.576. The molecule has 2 aliphatic heterocycles. The van der Waals surface area contributed by atoms with E-state index in [9.17, 15) is 14.7 Å². The monoisotopic (exact) mass is 338 g/mol. The molecule has 0 aromatic heterocycles. The molecule has 2 N–H and O–H groups in total. The lowest BCUT2D eigenvalue weighted by Gasteiger charge is -2.50. The Hall–Kier alpha value is -3.02. The maximum Gasteiger partial charge on any atom is 0.335 e. The van der Waals surface area contributed by atoms with Gasteiger partial charge in [0.1, 0.15) is 5.75 Å². The summed E-state index contributed by atoms with van der Waals surface area (Å²) in [5.41, 5.74) is 1.82. The van der Waals surface area contributed by atoms with Crippen LogP contribution in [-0.2, 0) is 0 Å². The molecular weight excluding hydrogens is 320 g/mol. The average molecular weight is 338 g/mol. The number of carbonyl (C=O) groups is 2. The first-order chi connectivity index (χ1) is 11.9. The van der Waals surface area contributed by atoms with Crippen LogP contribution in [0.15, 0.2) is 42.5 Å². The minimum absolute atomic E-state index is 0.125. The molecule has 6 nitrogen and oxygen atoms in total. The molecule has 1 saturated heterocycles. The Morgan fingerprint density at radius 2 is 2.12 bits per heavy atom. The molecule has 2 aromatic carbocycles. The van der Waals surface area contributed by atoms with Crippen LogP contribution in [0.2, 0.25) is 0 Å². The van der Waals surface area contributed by atoms with Crippen LogP contribution in [0.3, 0.4) is 0 Å². The lowest BCUT2D eigenvalue weighted by Crippen LogP contribution is -2.65. The van der Waals surface area contributed by atoms with E-state index in [1.807, 2.05) is 32.0 Å². The van der Waals surface area contributed by atoms with Gasteiger partial charge < -0.3 is 15.2 Å². The standard InChI is InChI=1S/C19H18N2O4/c1-11-6-7-16-14(8-11)15-10-19(2,25-16)21(18(24)20-15)13-5-3-4-12(9-13)17(22)23/h3-9,15H,10H2,1-2H3,(H,20,24)(H,22,23)/t15-,19-/m1/s1. The van der Waals surface area contributed by atoms with Gasteiger partial charge in [0.25, 0.3) is 0 Å². The number of aryl methyl sites for hydroxylation is 1. The van der Waals surface area contributed by atoms with Gasteiger partial charge >= 0.3 is 12.0 Å². The molecule has 2 bridgehead atoms. The second-order valence-corrected chi connectivity index (χ2v) is 6.72. The number of ether oxygens (including phenoxy) is 1. The van der Waals surface area contributed by atoms with Gasteiger partial charge in [-0.05, 0) is 38.1 Å². The highest BCUT2D eigenvalue weighted by molar-refractivity contribution is 5.97. The van der Waals surface area contributed by atoms with E-state index in [4.69, 9.17) is 4.74 Å². The number of urea groups is 1. The topological polar surface area (TPSA) is 78.9 Å². The third-order valence-electron chi connectivity index (χ3n) is 4.78. The Balaban J connectivity index is 1.79. The molecule has 2 aromatic rings. The Labute approximate surface area is 145 Å². The van der Waals surface area contributed by atoms with Crippen LogP contribution in [0.25, 0.3) is 0 Å². The normalized spacial score (nSPS) is 24.2. The lowest BCUT2D eigenvalue weighted by atomic mass is 9.89. The number of carboxylic acids is 1. The highest BCUT2D eigenvalue weighted by atomic mass is 16.5. The van der Waals surface area contributed by atoms with Gasteiger partial charge in [-0.2, -0.15) is 0 Å². The lowest BCUT2D eigenvalue weighted by molar-refractivity contribution is 0.0377. The van der Waals surface area contributed by atoms with Gasteiger partial charge in [-0.1, -0.05) is 23.8 Å². The predicted molar refractivity (Wildman–Crippen MR) is 92.0 cm³/mol. The van der Waals surface area contributed by atoms with E-state index >= 15 is 0 Å². The molecule has 6 heteroatoms. The third-order valence-corrected chi connectivity index (χ3v) is 4.78. The molecule has 0 radical (unpaired) electrons. The van der Waals surface area contributed by atoms with Crippen LogP contribution in [0, 0.1) is 6.92 Å². The number of benzene rings is 2. The minimum Gasteiger partial charge on any atom is -0.478 e. The first-order valence-corrected chi connectivity index (χ1v) is 8.11. The second kappa shape index (κ2) is 5.24. The fraction of sp³-hybridized carbons (Fsp3) is 0.263. The van der Waals surface area contributed by atoms with Gasteiger partial charge in [0.15, 0.2) is 5.72 Å². The summed E-state index contributed by atoms with van der Waals surface area (Å²) in [7, 11) is 0. The number of hydrogen-bond donors (Lipinski definition) is 2. The minimum atomic E-state index is -1.03. The Morgan fingerprint density at radius 1 is 1.32 bits per heavy atom. The van der Waals surface area contributed by atoms with Crippen molar-refractivity contribution in [2.24, 2.45) is 0 Å². The molecule has 128 valence electrons. The molecule has 4 rings (SSSR count). The zero-order chi connectivity index (χ0) is 17.8. The number of rotatable bonds is 2. The maximum absolute atomic E-state index is 12.8. The smallest absolute Gasteiger partial charge is 0.335 e. The molecule has 2 heterocycles. The van der Waals surface area contributed by atoms with Crippen molar-refractivity contribution in [2.75, 3.05) is 4.90 Å². The number of nitrogens with one attached hydrogen (secondary N) is 1. The molecule has 0 saturated carbocycles. The summed E-state index contributed by atoms with van der Waals surface area (Å²) in [5.74, 6) is -0.295. The number of aromatic carboxylic acids is 1. The van der Waals surface area contributed by atoms with Crippen LogP contribution >= 0.6 is 0 Å². The van der Waals surface area contributed by atoms with Gasteiger partial charge in [0.2, 0.25) is 0 Å². The molecule has 25 heavy (non-hydrogen) atoms. The first kappa shape index (κ1) is 15.5. The number of nitrogens with zero attached hydrogens (tertiary/aromatic N) is 1. The van der Waals surface area contributed by atoms with Gasteiger partial charge in [-0.3, -0.25) is 4.90 Å². The zero-order valence-electron chi connectivity index (χ0n) is 13.9. The molecule has 1 fully saturated rings. The molecule has 0 aliphatic carbocycles. The number of amides is 2. The maximum atomic E-state index is 12.8. The van der Waals surface area contributed by atoms with Crippen molar-refractivity contribution < 1.29 is 19.4 Å². The van der Waals surface area contributed by atoms with Crippen molar-refractivity contribution in [3.8, 4) is 5.75 Å². The molecular formula is C19H18N2O4. The fourth-order valence-corrected chi connectivity index (χ4v) is 3.66. The van der Waals surface area contributed by atoms with Crippen molar-refractivity contribution in [1.29, 1.82) is 0 Å². The average Bonchev–Trinajstić information content (AvgIpc) is 2.55. The second-order valence-electron chi connectivity index (χ2n) is 6.72. The van der Waals surface area contributed by atoms with Crippen molar-refractivity contribution in [1.82, 2.24) is 5.32 Å². The van der Waals surface area contributed by atoms with Crippen LogP contribution in [0.5, 0.6) is 5.75 Å². The molecule has 2 aliphatic rings. The van der Waals surface area contributed by atoms with Crippen molar-refractivity contribution >= 4 is 17.7 Å². The molecule has 2 amide bonds. The predicted octanol–water partition coefficient (Wildman–Crippen LogP) is 3.46. The summed E-state index contributed by atoms with van der Waals surface area (Å²) < 4.78 is 6.20. The number of anilines is 1. The third kappa shape index (κ3) is 2.41. The number of hydrogen-bond acceptors (Lipinski definition) is 3. The van der Waals surface area contributed by atoms with Crippen LogP contribution in [-0.4, -0.2) is 22.8 Å². The number of fused-ring (bicyclic) bond motifs is 4. The zero-order valence-corrected chi connectivity index (χ0v) is 13.9. The van der Waals surface area contributed by atoms with Crippen LogP contribution in [0.4, 0.5) is 10.5 Å². The Bertz CT molecular complexity index is 895. The summed E-state index contributed by atoms with van der Waals surface area (Å²) in [6, 6.07) is 11.8. The van der Waals surface area contributed by atoms with E-state index in [-0.39, 0.29) is 17.6 Å². The van der Waals surface area contributed by atoms with Gasteiger partial charge in [-0.15, -0.1) is 0 Å². The fourth-order valence-electron chi connectivity index (χ4n) is 3.66. The highest BCUT2D eigenvalue weighted by Crippen LogP contribution is 2.45. The summed E-state index contributed by atoms with van der Waals surface area (Å²) in [5, 5.41) is 12.2. The first-order valence-electron chi connectivity index (χ1n) is 8.11. The van der Waals surface area contributed by atoms with E-state index in [0.717, 1.165) is 16.9 Å². The highest BCUT2D eigenvalue weighted by Gasteiger charge is 2.49. The van der Waals surface area contributed by atoms with Crippen molar-refractivity contribution in [3.63, 3.8) is 0 Å². The van der Waals surface area contributed by atoms with E-state index < -0.39 is 11.7 Å². The van der Waals surface area contributed by atoms with E-state index in [1.165, 1.54) is 17.0 Å². The van der Waals surface area contributed by atoms with Gasteiger partial charge in [0, 0.05) is 12.0 Å². The largest absolute Gasteiger partial charge is 0.478 e. The van der Waals surface area contributed by atoms with Gasteiger partial charge in [-0.25, -0.2) is 9.59 Å². The molecule has 0 unspecified atom stereocenters. The number of carboxylic acid groups (broad SMARTS) is 1. The van der Waals surface area contributed by atoms with Crippen molar-refractivity contribution in [2.45, 2.75) is 32.0 Å². The van der Waals surface area contributed by atoms with E-state index in [2.05, 4.69) is 5.32 Å². The summed E-state index contributed by atoms with van der Waals surface area (Å²) in [4.78, 5) is 25.5. The van der Waals surface area contributed by atoms with Gasteiger partial charge in [0.05, 0.1) is 17.3 Å². The quantitative estimate of drug-likeness (QED) is 0.879.